The van der Waals surface area contributed by atoms with Crippen molar-refractivity contribution in [2.75, 3.05) is 26.7 Å². The largest absolute Gasteiger partial charge is 0.377 e. The van der Waals surface area contributed by atoms with Crippen LogP contribution < -0.4 is 10.6 Å². The Bertz CT molecular complexity index is 757. The number of likely N-dealkylation sites (tertiary alicyclic amines) is 1. The van der Waals surface area contributed by atoms with Gasteiger partial charge < -0.3 is 15.4 Å². The van der Waals surface area contributed by atoms with E-state index in [2.05, 4.69) is 51.7 Å². The molecule has 1 aromatic rings. The van der Waals surface area contributed by atoms with E-state index in [9.17, 15) is 0 Å². The fourth-order valence-electron chi connectivity index (χ4n) is 6.23. The van der Waals surface area contributed by atoms with Gasteiger partial charge in [0, 0.05) is 56.7 Å². The molecule has 6 heteroatoms. The number of benzene rings is 1. The number of halogens is 1. The van der Waals surface area contributed by atoms with Crippen molar-refractivity contribution < 1.29 is 4.74 Å². The Balaban J connectivity index is 0.00000218. The number of rotatable bonds is 4. The van der Waals surface area contributed by atoms with E-state index in [0.29, 0.717) is 29.5 Å². The lowest BCUT2D eigenvalue weighted by Crippen LogP contribution is -2.72. The highest BCUT2D eigenvalue weighted by Crippen LogP contribution is 2.62. The maximum absolute atomic E-state index is 6.07. The highest BCUT2D eigenvalue weighted by atomic mass is 127. The van der Waals surface area contributed by atoms with Crippen molar-refractivity contribution >= 4 is 29.9 Å². The molecule has 2 aliphatic heterocycles. The zero-order valence-electron chi connectivity index (χ0n) is 18.4. The molecule has 0 aromatic heterocycles. The molecule has 0 radical (unpaired) electrons. The molecule has 166 valence electrons. The molecule has 30 heavy (non-hydrogen) atoms. The molecule has 4 aliphatic rings. The molecule has 5 rings (SSSR count). The van der Waals surface area contributed by atoms with E-state index in [1.165, 1.54) is 49.7 Å². The van der Waals surface area contributed by atoms with Crippen molar-refractivity contribution in [3.8, 4) is 0 Å². The molecule has 0 amide bonds. The van der Waals surface area contributed by atoms with E-state index >= 15 is 0 Å². The van der Waals surface area contributed by atoms with Gasteiger partial charge in [-0.3, -0.25) is 9.89 Å². The van der Waals surface area contributed by atoms with E-state index in [-0.39, 0.29) is 24.0 Å². The lowest BCUT2D eigenvalue weighted by atomic mass is 9.46. The lowest BCUT2D eigenvalue weighted by Gasteiger charge is -2.63. The van der Waals surface area contributed by atoms with Crippen LogP contribution in [0.1, 0.15) is 49.7 Å². The maximum Gasteiger partial charge on any atom is 0.191 e. The minimum atomic E-state index is 0. The average molecular weight is 524 g/mol. The van der Waals surface area contributed by atoms with Crippen LogP contribution in [0.15, 0.2) is 29.3 Å². The molecule has 2 aliphatic carbocycles. The Kier molecular flexibility index (Phi) is 6.95. The Morgan fingerprint density at radius 1 is 1.17 bits per heavy atom. The van der Waals surface area contributed by atoms with Crippen LogP contribution in [0.3, 0.4) is 0 Å². The first-order valence-corrected chi connectivity index (χ1v) is 11.6. The number of ether oxygens (including phenoxy) is 1. The van der Waals surface area contributed by atoms with Crippen LogP contribution in [-0.2, 0) is 11.3 Å². The molecule has 3 atom stereocenters. The minimum absolute atomic E-state index is 0. The predicted molar refractivity (Wildman–Crippen MR) is 132 cm³/mol. The average Bonchev–Trinajstić information content (AvgIpc) is 3.12. The van der Waals surface area contributed by atoms with E-state index in [4.69, 9.17) is 4.74 Å². The highest BCUT2D eigenvalue weighted by Gasteiger charge is 2.66. The van der Waals surface area contributed by atoms with Crippen molar-refractivity contribution in [2.24, 2.45) is 16.3 Å². The van der Waals surface area contributed by atoms with Gasteiger partial charge in [-0.25, -0.2) is 0 Å². The first-order chi connectivity index (χ1) is 14.2. The Morgan fingerprint density at radius 2 is 1.93 bits per heavy atom. The van der Waals surface area contributed by atoms with Gasteiger partial charge in [0.1, 0.15) is 0 Å². The maximum atomic E-state index is 6.07. The summed E-state index contributed by atoms with van der Waals surface area (Å²) in [4.78, 5) is 7.17. The summed E-state index contributed by atoms with van der Waals surface area (Å²) < 4.78 is 6.07. The molecule has 2 heterocycles. The summed E-state index contributed by atoms with van der Waals surface area (Å²) >= 11 is 0. The summed E-state index contributed by atoms with van der Waals surface area (Å²) in [6.45, 7) is 6.53. The molecule has 2 N–H and O–H groups in total. The third-order valence-corrected chi connectivity index (χ3v) is 8.14. The van der Waals surface area contributed by atoms with Crippen LogP contribution in [0, 0.1) is 18.3 Å². The monoisotopic (exact) mass is 524 g/mol. The standard InChI is InChI=1S/C24H36N4O.HI/c1-17-6-3-4-7-18(17)16-28-13-8-19(9-14-28)26-23(25-2)27-21-20-10-15-29-22(20)24(21)11-5-12-24;/h3-4,6-7,19-22H,5,8-16H2,1-2H3,(H2,25,26,27);1H. The number of aliphatic imine (C=N–C) groups is 1. The second kappa shape index (κ2) is 9.33. The number of nitrogens with one attached hydrogen (secondary N) is 2. The first kappa shape index (κ1) is 22.3. The van der Waals surface area contributed by atoms with Crippen LogP contribution in [0.5, 0.6) is 0 Å². The number of nitrogens with zero attached hydrogens (tertiary/aromatic N) is 2. The van der Waals surface area contributed by atoms with E-state index in [0.717, 1.165) is 32.2 Å². The summed E-state index contributed by atoms with van der Waals surface area (Å²) in [5, 5.41) is 7.56. The number of aryl methyl sites for hydroxylation is 1. The molecule has 2 saturated carbocycles. The first-order valence-electron chi connectivity index (χ1n) is 11.6. The summed E-state index contributed by atoms with van der Waals surface area (Å²) in [5.41, 5.74) is 3.26. The Morgan fingerprint density at radius 3 is 2.60 bits per heavy atom. The SMILES string of the molecule is CN=C(NC1CCN(Cc2ccccc2C)CC1)NC1C2CCOC2C12CCC2.I. The topological polar surface area (TPSA) is 48.9 Å². The molecule has 1 aromatic carbocycles. The van der Waals surface area contributed by atoms with E-state index < -0.39 is 0 Å². The van der Waals surface area contributed by atoms with Crippen LogP contribution in [0.25, 0.3) is 0 Å². The molecule has 3 unspecified atom stereocenters. The van der Waals surface area contributed by atoms with Crippen LogP contribution in [0.2, 0.25) is 0 Å². The van der Waals surface area contributed by atoms with Gasteiger partial charge in [0.15, 0.2) is 5.96 Å². The summed E-state index contributed by atoms with van der Waals surface area (Å²) in [7, 11) is 1.91. The van der Waals surface area contributed by atoms with Crippen molar-refractivity contribution in [1.82, 2.24) is 15.5 Å². The number of fused-ring (bicyclic) bond motifs is 2. The molecule has 0 bridgehead atoms. The number of piperidine rings is 1. The van der Waals surface area contributed by atoms with Crippen molar-refractivity contribution in [2.45, 2.75) is 70.2 Å². The fourth-order valence-corrected chi connectivity index (χ4v) is 6.23. The Hall–Kier alpha value is -0.860. The molecule has 1 spiro atoms. The van der Waals surface area contributed by atoms with Gasteiger partial charge in [0.05, 0.1) is 6.10 Å². The van der Waals surface area contributed by atoms with Gasteiger partial charge in [-0.05, 0) is 50.2 Å². The molecular formula is C24H37IN4O. The normalized spacial score (nSPS) is 30.7. The Labute approximate surface area is 198 Å². The number of hydrogen-bond acceptors (Lipinski definition) is 3. The second-order valence-corrected chi connectivity index (χ2v) is 9.65. The van der Waals surface area contributed by atoms with Gasteiger partial charge >= 0.3 is 0 Å². The van der Waals surface area contributed by atoms with E-state index in [1.807, 2.05) is 7.05 Å². The summed E-state index contributed by atoms with van der Waals surface area (Å²) in [5.74, 6) is 1.69. The number of guanidine groups is 1. The molecular weight excluding hydrogens is 487 g/mol. The van der Waals surface area contributed by atoms with Gasteiger partial charge in [0.25, 0.3) is 0 Å². The van der Waals surface area contributed by atoms with Gasteiger partial charge in [-0.15, -0.1) is 24.0 Å². The molecule has 4 fully saturated rings. The quantitative estimate of drug-likeness (QED) is 0.359. The van der Waals surface area contributed by atoms with Crippen molar-refractivity contribution in [3.05, 3.63) is 35.4 Å². The summed E-state index contributed by atoms with van der Waals surface area (Å²) in [6.07, 6.45) is 8.07. The third-order valence-electron chi connectivity index (χ3n) is 8.14. The van der Waals surface area contributed by atoms with Crippen LogP contribution in [0.4, 0.5) is 0 Å². The summed E-state index contributed by atoms with van der Waals surface area (Å²) in [6, 6.07) is 9.83. The fraction of sp³-hybridized carbons (Fsp3) is 0.708. The van der Waals surface area contributed by atoms with Crippen LogP contribution >= 0.6 is 24.0 Å². The molecule has 5 nitrogen and oxygen atoms in total. The minimum Gasteiger partial charge on any atom is -0.377 e. The van der Waals surface area contributed by atoms with Gasteiger partial charge in [-0.1, -0.05) is 30.7 Å². The zero-order valence-corrected chi connectivity index (χ0v) is 20.7. The zero-order chi connectivity index (χ0) is 19.8. The van der Waals surface area contributed by atoms with Gasteiger partial charge in [0.2, 0.25) is 0 Å². The molecule has 2 saturated heterocycles. The highest BCUT2D eigenvalue weighted by molar-refractivity contribution is 14.0. The second-order valence-electron chi connectivity index (χ2n) is 9.65. The smallest absolute Gasteiger partial charge is 0.191 e. The third kappa shape index (κ3) is 3.99. The van der Waals surface area contributed by atoms with Crippen molar-refractivity contribution in [3.63, 3.8) is 0 Å². The van der Waals surface area contributed by atoms with Crippen molar-refractivity contribution in [1.29, 1.82) is 0 Å². The van der Waals surface area contributed by atoms with Gasteiger partial charge in [-0.2, -0.15) is 0 Å². The van der Waals surface area contributed by atoms with E-state index in [1.54, 1.807) is 0 Å². The predicted octanol–water partition coefficient (Wildman–Crippen LogP) is 3.70. The van der Waals surface area contributed by atoms with Crippen LogP contribution in [-0.4, -0.2) is 55.8 Å². The number of hydrogen-bond donors (Lipinski definition) is 2. The lowest BCUT2D eigenvalue weighted by molar-refractivity contribution is -0.171.